The maximum absolute atomic E-state index is 13.3. The van der Waals surface area contributed by atoms with Crippen molar-refractivity contribution in [2.24, 2.45) is 0 Å². The predicted molar refractivity (Wildman–Crippen MR) is 120 cm³/mol. The second-order valence-electron chi connectivity index (χ2n) is 9.02. The highest BCUT2D eigenvalue weighted by atomic mass is 16.6. The Morgan fingerprint density at radius 2 is 1.88 bits per heavy atom. The van der Waals surface area contributed by atoms with Gasteiger partial charge in [-0.25, -0.2) is 14.7 Å². The molecule has 0 spiro atoms. The van der Waals surface area contributed by atoms with E-state index in [1.807, 2.05) is 52.0 Å². The third-order valence-corrected chi connectivity index (χ3v) is 5.41. The monoisotopic (exact) mass is 439 g/mol. The molecule has 0 saturated carbocycles. The van der Waals surface area contributed by atoms with Gasteiger partial charge in [-0.05, 0) is 51.5 Å². The Morgan fingerprint density at radius 3 is 2.56 bits per heavy atom. The molecule has 0 aliphatic carbocycles. The van der Waals surface area contributed by atoms with Gasteiger partial charge in [0.25, 0.3) is 0 Å². The number of amides is 2. The first kappa shape index (κ1) is 22.2. The molecule has 32 heavy (non-hydrogen) atoms. The molecule has 2 atom stereocenters. The van der Waals surface area contributed by atoms with Crippen molar-refractivity contribution in [3.63, 3.8) is 0 Å². The zero-order valence-corrected chi connectivity index (χ0v) is 19.1. The summed E-state index contributed by atoms with van der Waals surface area (Å²) >= 11 is 0. The number of carbonyl (C=O) groups excluding carboxylic acids is 2. The van der Waals surface area contributed by atoms with Crippen LogP contribution in [-0.4, -0.2) is 41.9 Å². The minimum absolute atomic E-state index is 0.126. The van der Waals surface area contributed by atoms with E-state index in [4.69, 9.17) is 14.2 Å². The molecule has 4 rings (SSSR count). The first-order valence-corrected chi connectivity index (χ1v) is 10.8. The number of hydrogen-bond acceptors (Lipinski definition) is 6. The summed E-state index contributed by atoms with van der Waals surface area (Å²) in [4.78, 5) is 33.6. The van der Waals surface area contributed by atoms with Gasteiger partial charge in [0, 0.05) is 18.7 Å². The van der Waals surface area contributed by atoms with Gasteiger partial charge in [-0.15, -0.1) is 0 Å². The molecule has 2 aliphatic rings. The zero-order chi connectivity index (χ0) is 23.0. The first-order valence-electron chi connectivity index (χ1n) is 10.8. The van der Waals surface area contributed by atoms with Crippen LogP contribution in [-0.2, 0) is 25.5 Å². The van der Waals surface area contributed by atoms with E-state index in [-0.39, 0.29) is 24.7 Å². The molecule has 0 bridgehead atoms. The fraction of sp³-hybridized carbons (Fsp3) is 0.458. The molecule has 1 saturated heterocycles. The molecular weight excluding hydrogens is 410 g/mol. The van der Waals surface area contributed by atoms with Crippen LogP contribution in [0, 0.1) is 0 Å². The SMILES string of the molecule is CC(=O)N1Cc2cccnc2N(C(=O)OC(C)(C)C)c2ccc(C3OCCOC3C)cc21. The van der Waals surface area contributed by atoms with Crippen molar-refractivity contribution in [3.05, 3.63) is 47.7 Å². The van der Waals surface area contributed by atoms with Crippen molar-refractivity contribution in [2.45, 2.75) is 59.0 Å². The lowest BCUT2D eigenvalue weighted by Crippen LogP contribution is -2.35. The molecular formula is C24H29N3O5. The third-order valence-electron chi connectivity index (χ3n) is 5.41. The third kappa shape index (κ3) is 4.33. The van der Waals surface area contributed by atoms with E-state index in [2.05, 4.69) is 4.98 Å². The van der Waals surface area contributed by atoms with E-state index in [0.29, 0.717) is 30.4 Å². The minimum atomic E-state index is -0.693. The van der Waals surface area contributed by atoms with Gasteiger partial charge in [0.1, 0.15) is 17.5 Å². The smallest absolute Gasteiger partial charge is 0.420 e. The van der Waals surface area contributed by atoms with Gasteiger partial charge < -0.3 is 19.1 Å². The van der Waals surface area contributed by atoms with E-state index in [9.17, 15) is 9.59 Å². The van der Waals surface area contributed by atoms with Crippen molar-refractivity contribution >= 4 is 29.2 Å². The molecule has 1 fully saturated rings. The fourth-order valence-corrected chi connectivity index (χ4v) is 4.02. The molecule has 0 radical (unpaired) electrons. The lowest BCUT2D eigenvalue weighted by Gasteiger charge is -2.32. The van der Waals surface area contributed by atoms with Gasteiger partial charge in [-0.1, -0.05) is 12.1 Å². The number of nitrogens with zero attached hydrogens (tertiary/aromatic N) is 3. The van der Waals surface area contributed by atoms with Crippen LogP contribution < -0.4 is 9.80 Å². The average molecular weight is 440 g/mol. The molecule has 1 aromatic heterocycles. The zero-order valence-electron chi connectivity index (χ0n) is 19.1. The van der Waals surface area contributed by atoms with E-state index >= 15 is 0 Å². The van der Waals surface area contributed by atoms with Gasteiger partial charge in [0.15, 0.2) is 0 Å². The molecule has 2 aliphatic heterocycles. The van der Waals surface area contributed by atoms with Crippen LogP contribution in [0.15, 0.2) is 36.5 Å². The second kappa shape index (κ2) is 8.52. The van der Waals surface area contributed by atoms with Crippen molar-refractivity contribution in [2.75, 3.05) is 23.0 Å². The topological polar surface area (TPSA) is 81.2 Å². The van der Waals surface area contributed by atoms with E-state index in [1.54, 1.807) is 17.2 Å². The van der Waals surface area contributed by atoms with Crippen molar-refractivity contribution in [1.82, 2.24) is 4.98 Å². The summed E-state index contributed by atoms with van der Waals surface area (Å²) in [5.41, 5.74) is 2.06. The van der Waals surface area contributed by atoms with Crippen LogP contribution in [0.1, 0.15) is 51.8 Å². The number of aromatic nitrogens is 1. The molecule has 1 aromatic carbocycles. The normalized spacial score (nSPS) is 20.8. The average Bonchev–Trinajstić information content (AvgIpc) is 2.87. The second-order valence-corrected chi connectivity index (χ2v) is 9.02. The Kier molecular flexibility index (Phi) is 5.92. The quantitative estimate of drug-likeness (QED) is 0.651. The largest absolute Gasteiger partial charge is 0.443 e. The Morgan fingerprint density at radius 1 is 1.12 bits per heavy atom. The summed E-state index contributed by atoms with van der Waals surface area (Å²) in [5, 5.41) is 0. The molecule has 2 unspecified atom stereocenters. The lowest BCUT2D eigenvalue weighted by atomic mass is 10.0. The Balaban J connectivity index is 1.88. The highest BCUT2D eigenvalue weighted by Crippen LogP contribution is 2.43. The number of benzene rings is 1. The molecule has 0 N–H and O–H groups in total. The molecule has 8 heteroatoms. The number of rotatable bonds is 1. The Labute approximate surface area is 188 Å². The predicted octanol–water partition coefficient (Wildman–Crippen LogP) is 4.50. The van der Waals surface area contributed by atoms with Gasteiger partial charge in [0.2, 0.25) is 5.91 Å². The molecule has 8 nitrogen and oxygen atoms in total. The number of ether oxygens (including phenoxy) is 3. The summed E-state index contributed by atoms with van der Waals surface area (Å²) in [5.74, 6) is 0.309. The molecule has 2 aromatic rings. The number of fused-ring (bicyclic) bond motifs is 2. The highest BCUT2D eigenvalue weighted by Gasteiger charge is 2.35. The number of carbonyl (C=O) groups is 2. The van der Waals surface area contributed by atoms with Gasteiger partial charge in [0.05, 0.1) is 37.2 Å². The van der Waals surface area contributed by atoms with Crippen LogP contribution in [0.3, 0.4) is 0 Å². The van der Waals surface area contributed by atoms with Crippen LogP contribution in [0.5, 0.6) is 0 Å². The standard InChI is InChI=1S/C24H29N3O5/c1-15-21(31-12-11-30-15)17-8-9-19-20(13-17)26(16(2)28)14-18-7-6-10-25-22(18)27(19)23(29)32-24(3,4)5/h6-10,13,15,21H,11-12,14H2,1-5H3. The van der Waals surface area contributed by atoms with Gasteiger partial charge in [-0.2, -0.15) is 0 Å². The molecule has 3 heterocycles. The van der Waals surface area contributed by atoms with Crippen LogP contribution in [0.2, 0.25) is 0 Å². The number of hydrogen-bond donors (Lipinski definition) is 0. The maximum atomic E-state index is 13.3. The Bertz CT molecular complexity index is 1030. The first-order chi connectivity index (χ1) is 15.2. The summed E-state index contributed by atoms with van der Waals surface area (Å²) in [7, 11) is 0. The van der Waals surface area contributed by atoms with E-state index < -0.39 is 11.7 Å². The lowest BCUT2D eigenvalue weighted by molar-refractivity contribution is -0.134. The maximum Gasteiger partial charge on any atom is 0.420 e. The van der Waals surface area contributed by atoms with Crippen molar-refractivity contribution in [3.8, 4) is 0 Å². The minimum Gasteiger partial charge on any atom is -0.443 e. The molecule has 170 valence electrons. The fourth-order valence-electron chi connectivity index (χ4n) is 4.02. The number of anilines is 3. The molecule has 2 amide bonds. The van der Waals surface area contributed by atoms with Crippen molar-refractivity contribution in [1.29, 1.82) is 0 Å². The summed E-state index contributed by atoms with van der Waals surface area (Å²) < 4.78 is 17.4. The van der Waals surface area contributed by atoms with Gasteiger partial charge >= 0.3 is 6.09 Å². The number of pyridine rings is 1. The van der Waals surface area contributed by atoms with E-state index in [1.165, 1.54) is 11.8 Å². The Hall–Kier alpha value is -2.97. The van der Waals surface area contributed by atoms with Crippen LogP contribution in [0.25, 0.3) is 0 Å². The summed E-state index contributed by atoms with van der Waals surface area (Å²) in [6, 6.07) is 9.27. The highest BCUT2D eigenvalue weighted by molar-refractivity contribution is 6.05. The summed E-state index contributed by atoms with van der Waals surface area (Å²) in [6.07, 6.45) is 0.686. The summed E-state index contributed by atoms with van der Waals surface area (Å²) in [6.45, 7) is 10.3. The van der Waals surface area contributed by atoms with Crippen molar-refractivity contribution < 1.29 is 23.8 Å². The van der Waals surface area contributed by atoms with Crippen LogP contribution >= 0.6 is 0 Å². The van der Waals surface area contributed by atoms with Gasteiger partial charge in [-0.3, -0.25) is 4.79 Å². The van der Waals surface area contributed by atoms with E-state index in [0.717, 1.165) is 11.1 Å². The van der Waals surface area contributed by atoms with Crippen LogP contribution in [0.4, 0.5) is 22.0 Å².